The highest BCUT2D eigenvalue weighted by Crippen LogP contribution is 2.43. The summed E-state index contributed by atoms with van der Waals surface area (Å²) in [5.41, 5.74) is 5.14. The number of halogens is 1. The van der Waals surface area contributed by atoms with E-state index in [9.17, 15) is 14.3 Å². The molecule has 0 radical (unpaired) electrons. The van der Waals surface area contributed by atoms with E-state index in [-0.39, 0.29) is 12.2 Å². The number of thioether (sulfide) groups is 1. The minimum atomic E-state index is -0.912. The molecule has 2 aromatic rings. The minimum absolute atomic E-state index is 0.106. The van der Waals surface area contributed by atoms with Gasteiger partial charge in [0.25, 0.3) is 0 Å². The van der Waals surface area contributed by atoms with E-state index in [0.29, 0.717) is 11.1 Å². The summed E-state index contributed by atoms with van der Waals surface area (Å²) in [7, 11) is 0. The van der Waals surface area contributed by atoms with Crippen LogP contribution in [0.25, 0.3) is 17.2 Å². The van der Waals surface area contributed by atoms with Crippen LogP contribution in [-0.4, -0.2) is 17.3 Å². The smallest absolute Gasteiger partial charge is 0.307 e. The zero-order valence-electron chi connectivity index (χ0n) is 13.5. The van der Waals surface area contributed by atoms with Crippen molar-refractivity contribution in [1.82, 2.24) is 0 Å². The van der Waals surface area contributed by atoms with Crippen molar-refractivity contribution in [2.75, 3.05) is 6.26 Å². The lowest BCUT2D eigenvalue weighted by Gasteiger charge is -2.05. The number of hydrogen-bond acceptors (Lipinski definition) is 2. The second-order valence-electron chi connectivity index (χ2n) is 5.70. The first-order valence-corrected chi connectivity index (χ1v) is 8.80. The molecule has 0 bridgehead atoms. The average Bonchev–Trinajstić information content (AvgIpc) is 2.80. The van der Waals surface area contributed by atoms with Crippen LogP contribution >= 0.6 is 11.8 Å². The lowest BCUT2D eigenvalue weighted by molar-refractivity contribution is -0.135. The molecule has 0 atom stereocenters. The Labute approximate surface area is 144 Å². The number of rotatable bonds is 4. The molecule has 122 valence electrons. The number of carbonyl (C=O) groups is 1. The molecule has 0 saturated heterocycles. The molecule has 2 aromatic carbocycles. The molecule has 0 saturated carbocycles. The van der Waals surface area contributed by atoms with Crippen molar-refractivity contribution in [2.24, 2.45) is 0 Å². The molecular formula is C20H17FO2S. The van der Waals surface area contributed by atoms with E-state index < -0.39 is 5.97 Å². The fourth-order valence-electron chi connectivity index (χ4n) is 3.00. The van der Waals surface area contributed by atoms with Crippen LogP contribution in [0.15, 0.2) is 52.9 Å². The van der Waals surface area contributed by atoms with E-state index in [2.05, 4.69) is 12.1 Å². The number of carboxylic acid groups (broad SMARTS) is 1. The van der Waals surface area contributed by atoms with Crippen LogP contribution in [0.5, 0.6) is 0 Å². The third kappa shape index (κ3) is 3.15. The van der Waals surface area contributed by atoms with Gasteiger partial charge in [-0.25, -0.2) is 4.39 Å². The van der Waals surface area contributed by atoms with Gasteiger partial charge in [0.2, 0.25) is 0 Å². The van der Waals surface area contributed by atoms with Crippen LogP contribution in [0.3, 0.4) is 0 Å². The first-order valence-electron chi connectivity index (χ1n) is 7.57. The molecule has 0 fully saturated rings. The number of carboxylic acids is 1. The lowest BCUT2D eigenvalue weighted by Crippen LogP contribution is -1.97. The molecule has 0 aromatic heterocycles. The molecule has 0 aliphatic heterocycles. The highest BCUT2D eigenvalue weighted by molar-refractivity contribution is 7.98. The summed E-state index contributed by atoms with van der Waals surface area (Å²) in [6.07, 6.45) is 3.95. The van der Waals surface area contributed by atoms with Crippen LogP contribution < -0.4 is 0 Å². The third-order valence-corrected chi connectivity index (χ3v) is 4.95. The van der Waals surface area contributed by atoms with Gasteiger partial charge in [-0.2, -0.15) is 0 Å². The molecule has 0 heterocycles. The fourth-order valence-corrected chi connectivity index (χ4v) is 3.41. The molecule has 1 aliphatic carbocycles. The average molecular weight is 340 g/mol. The fraction of sp³-hybridized carbons (Fsp3) is 0.150. The second kappa shape index (κ2) is 6.65. The molecule has 4 heteroatoms. The zero-order valence-corrected chi connectivity index (χ0v) is 14.3. The van der Waals surface area contributed by atoms with Gasteiger partial charge in [0.05, 0.1) is 6.42 Å². The summed E-state index contributed by atoms with van der Waals surface area (Å²) in [5, 5.41) is 9.17. The Morgan fingerprint density at radius 1 is 1.17 bits per heavy atom. The van der Waals surface area contributed by atoms with Crippen molar-refractivity contribution in [3.05, 3.63) is 70.5 Å². The van der Waals surface area contributed by atoms with Gasteiger partial charge in [-0.05, 0) is 76.9 Å². The van der Waals surface area contributed by atoms with Gasteiger partial charge in [-0.15, -0.1) is 11.8 Å². The Balaban J connectivity index is 2.11. The molecule has 2 nitrogen and oxygen atoms in total. The van der Waals surface area contributed by atoms with Gasteiger partial charge in [0.15, 0.2) is 0 Å². The first-order chi connectivity index (χ1) is 11.5. The highest BCUT2D eigenvalue weighted by Gasteiger charge is 2.25. The van der Waals surface area contributed by atoms with E-state index in [1.54, 1.807) is 17.8 Å². The van der Waals surface area contributed by atoms with Crippen molar-refractivity contribution < 1.29 is 14.3 Å². The summed E-state index contributed by atoms with van der Waals surface area (Å²) in [4.78, 5) is 12.4. The Morgan fingerprint density at radius 2 is 1.88 bits per heavy atom. The number of allylic oxidation sites excluding steroid dienone is 2. The predicted molar refractivity (Wildman–Crippen MR) is 97.3 cm³/mol. The molecule has 3 rings (SSSR count). The van der Waals surface area contributed by atoms with Crippen molar-refractivity contribution in [2.45, 2.75) is 18.2 Å². The number of aliphatic carboxylic acids is 1. The Morgan fingerprint density at radius 3 is 2.50 bits per heavy atom. The van der Waals surface area contributed by atoms with E-state index in [1.807, 2.05) is 31.4 Å². The van der Waals surface area contributed by atoms with Crippen molar-refractivity contribution in [3.8, 4) is 0 Å². The van der Waals surface area contributed by atoms with E-state index >= 15 is 0 Å². The Kier molecular flexibility index (Phi) is 4.58. The molecule has 0 amide bonds. The predicted octanol–water partition coefficient (Wildman–Crippen LogP) is 5.35. The summed E-state index contributed by atoms with van der Waals surface area (Å²) in [5.74, 6) is -1.26. The van der Waals surface area contributed by atoms with Crippen LogP contribution in [-0.2, 0) is 4.79 Å². The van der Waals surface area contributed by atoms with Gasteiger partial charge >= 0.3 is 5.97 Å². The Hall–Kier alpha value is -2.33. The summed E-state index contributed by atoms with van der Waals surface area (Å²) in [6.45, 7) is 1.90. The van der Waals surface area contributed by atoms with Gasteiger partial charge in [0.1, 0.15) is 5.82 Å². The molecular weight excluding hydrogens is 323 g/mol. The summed E-state index contributed by atoms with van der Waals surface area (Å²) < 4.78 is 13.6. The standard InChI is InChI=1S/C20H17FO2S/c1-12-17(9-13-3-6-15(24-2)7-4-13)16-8-5-14(21)10-19(16)18(12)11-20(22)23/h3-10H,11H2,1-2H3,(H,22,23). The maximum Gasteiger partial charge on any atom is 0.307 e. The molecule has 24 heavy (non-hydrogen) atoms. The van der Waals surface area contributed by atoms with Crippen LogP contribution in [0.2, 0.25) is 0 Å². The summed E-state index contributed by atoms with van der Waals surface area (Å²) >= 11 is 1.68. The summed E-state index contributed by atoms with van der Waals surface area (Å²) in [6, 6.07) is 12.7. The SMILES string of the molecule is CSc1ccc(C=C2C(C)=C(CC(=O)O)c3cc(F)ccc32)cc1. The van der Waals surface area contributed by atoms with E-state index in [1.165, 1.54) is 17.0 Å². The van der Waals surface area contributed by atoms with Gasteiger partial charge < -0.3 is 5.11 Å². The highest BCUT2D eigenvalue weighted by atomic mass is 32.2. The molecule has 1 N–H and O–H groups in total. The zero-order chi connectivity index (χ0) is 17.3. The monoisotopic (exact) mass is 340 g/mol. The maximum atomic E-state index is 13.6. The lowest BCUT2D eigenvalue weighted by atomic mass is 10.0. The number of hydrogen-bond donors (Lipinski definition) is 1. The van der Waals surface area contributed by atoms with Crippen LogP contribution in [0, 0.1) is 5.82 Å². The normalized spacial score (nSPS) is 15.0. The topological polar surface area (TPSA) is 37.3 Å². The molecule has 0 spiro atoms. The van der Waals surface area contributed by atoms with Crippen LogP contribution in [0.4, 0.5) is 4.39 Å². The van der Waals surface area contributed by atoms with Gasteiger partial charge in [-0.3, -0.25) is 4.79 Å². The third-order valence-electron chi connectivity index (χ3n) is 4.21. The van der Waals surface area contributed by atoms with Crippen molar-refractivity contribution >= 4 is 35.0 Å². The molecule has 1 aliphatic rings. The Bertz CT molecular complexity index is 864. The minimum Gasteiger partial charge on any atom is -0.481 e. The van der Waals surface area contributed by atoms with Gasteiger partial charge in [-0.1, -0.05) is 18.2 Å². The first kappa shape index (κ1) is 16.5. The van der Waals surface area contributed by atoms with Gasteiger partial charge in [0, 0.05) is 4.90 Å². The second-order valence-corrected chi connectivity index (χ2v) is 6.57. The van der Waals surface area contributed by atoms with E-state index in [0.717, 1.165) is 22.3 Å². The number of fused-ring (bicyclic) bond motifs is 1. The van der Waals surface area contributed by atoms with Crippen molar-refractivity contribution in [3.63, 3.8) is 0 Å². The molecule has 0 unspecified atom stereocenters. The van der Waals surface area contributed by atoms with E-state index in [4.69, 9.17) is 0 Å². The quantitative estimate of drug-likeness (QED) is 0.762. The number of benzene rings is 2. The van der Waals surface area contributed by atoms with Crippen LogP contribution in [0.1, 0.15) is 30.0 Å². The van der Waals surface area contributed by atoms with Crippen molar-refractivity contribution in [1.29, 1.82) is 0 Å². The largest absolute Gasteiger partial charge is 0.481 e. The maximum absolute atomic E-state index is 13.6.